The van der Waals surface area contributed by atoms with Crippen LogP contribution in [0.4, 0.5) is 0 Å². The molecular weight excluding hydrogens is 226 g/mol. The number of ether oxygens (including phenoxy) is 2. The Morgan fingerprint density at radius 2 is 1.94 bits per heavy atom. The molecule has 0 bridgehead atoms. The van der Waals surface area contributed by atoms with Crippen molar-refractivity contribution < 1.29 is 9.47 Å². The van der Waals surface area contributed by atoms with Crippen molar-refractivity contribution >= 4 is 10.9 Å². The molecule has 0 aliphatic heterocycles. The van der Waals surface area contributed by atoms with Crippen molar-refractivity contribution in [3.63, 3.8) is 0 Å². The van der Waals surface area contributed by atoms with Gasteiger partial charge in [0.05, 0.1) is 13.2 Å². The van der Waals surface area contributed by atoms with Gasteiger partial charge in [0.2, 0.25) is 0 Å². The van der Waals surface area contributed by atoms with E-state index in [1.807, 2.05) is 0 Å². The highest BCUT2D eigenvalue weighted by Gasteiger charge is 2.03. The first-order valence-electron chi connectivity index (χ1n) is 6.44. The van der Waals surface area contributed by atoms with Crippen LogP contribution in [0.3, 0.4) is 0 Å². The minimum Gasteiger partial charge on any atom is -0.382 e. The molecule has 0 aliphatic rings. The highest BCUT2D eigenvalue weighted by Crippen LogP contribution is 2.19. The van der Waals surface area contributed by atoms with Crippen molar-refractivity contribution in [2.75, 3.05) is 26.9 Å². The van der Waals surface area contributed by atoms with Gasteiger partial charge >= 0.3 is 0 Å². The topological polar surface area (TPSA) is 23.4 Å². The minimum absolute atomic E-state index is 0.672. The Labute approximate surface area is 108 Å². The molecule has 0 unspecified atom stereocenters. The van der Waals surface area contributed by atoms with Gasteiger partial charge < -0.3 is 14.0 Å². The Hall–Kier alpha value is -1.32. The fraction of sp³-hybridized carbons (Fsp3) is 0.467. The lowest BCUT2D eigenvalue weighted by Crippen LogP contribution is -2.07. The number of nitrogens with zero attached hydrogens (tertiary/aromatic N) is 1. The average molecular weight is 247 g/mol. The third-order valence-electron chi connectivity index (χ3n) is 3.12. The number of para-hydroxylation sites is 1. The first-order valence-corrected chi connectivity index (χ1v) is 6.44. The highest BCUT2D eigenvalue weighted by atomic mass is 16.5. The van der Waals surface area contributed by atoms with Gasteiger partial charge in [0.1, 0.15) is 0 Å². The smallest absolute Gasteiger partial charge is 0.0700 e. The molecule has 0 atom stereocenters. The van der Waals surface area contributed by atoms with Crippen LogP contribution in [0.15, 0.2) is 30.3 Å². The van der Waals surface area contributed by atoms with Crippen LogP contribution in [0.5, 0.6) is 0 Å². The molecule has 3 heteroatoms. The molecule has 0 saturated heterocycles. The van der Waals surface area contributed by atoms with Gasteiger partial charge in [-0.2, -0.15) is 0 Å². The summed E-state index contributed by atoms with van der Waals surface area (Å²) in [5, 5.41) is 1.32. The molecular formula is C15H21NO2. The van der Waals surface area contributed by atoms with E-state index in [1.165, 1.54) is 16.6 Å². The Morgan fingerprint density at radius 1 is 1.11 bits per heavy atom. The maximum absolute atomic E-state index is 5.49. The molecule has 0 saturated carbocycles. The molecule has 2 rings (SSSR count). The van der Waals surface area contributed by atoms with E-state index in [1.54, 1.807) is 7.11 Å². The minimum atomic E-state index is 0.672. The number of methoxy groups -OCH3 is 1. The number of aromatic nitrogens is 1. The van der Waals surface area contributed by atoms with E-state index < -0.39 is 0 Å². The van der Waals surface area contributed by atoms with Crippen LogP contribution < -0.4 is 0 Å². The first-order chi connectivity index (χ1) is 8.83. The van der Waals surface area contributed by atoms with Crippen LogP contribution >= 0.6 is 0 Å². The zero-order valence-corrected chi connectivity index (χ0v) is 11.2. The van der Waals surface area contributed by atoms with Crippen molar-refractivity contribution in [1.82, 2.24) is 4.57 Å². The Bertz CT molecular complexity index is 490. The van der Waals surface area contributed by atoms with Crippen molar-refractivity contribution in [2.24, 2.45) is 0 Å². The second-order valence-electron chi connectivity index (χ2n) is 4.45. The van der Waals surface area contributed by atoms with Gasteiger partial charge in [-0.05, 0) is 30.9 Å². The number of hydrogen-bond acceptors (Lipinski definition) is 2. The summed E-state index contributed by atoms with van der Waals surface area (Å²) in [4.78, 5) is 0. The fourth-order valence-electron chi connectivity index (χ4n) is 2.21. The SMILES string of the molecule is COCCOCCCn1c(C)cc2ccccc21. The van der Waals surface area contributed by atoms with Crippen LogP contribution in [0.2, 0.25) is 0 Å². The maximum atomic E-state index is 5.49. The lowest BCUT2D eigenvalue weighted by Gasteiger charge is -2.08. The fourth-order valence-corrected chi connectivity index (χ4v) is 2.21. The van der Waals surface area contributed by atoms with Gasteiger partial charge in [0.15, 0.2) is 0 Å². The zero-order valence-electron chi connectivity index (χ0n) is 11.2. The average Bonchev–Trinajstić information content (AvgIpc) is 2.70. The molecule has 0 radical (unpaired) electrons. The summed E-state index contributed by atoms with van der Waals surface area (Å²) in [5.74, 6) is 0. The van der Waals surface area contributed by atoms with E-state index in [2.05, 4.69) is 41.8 Å². The van der Waals surface area contributed by atoms with Crippen molar-refractivity contribution in [2.45, 2.75) is 19.9 Å². The molecule has 0 amide bonds. The summed E-state index contributed by atoms with van der Waals surface area (Å²) < 4.78 is 12.8. The Morgan fingerprint density at radius 3 is 2.78 bits per heavy atom. The molecule has 3 nitrogen and oxygen atoms in total. The number of aryl methyl sites for hydroxylation is 2. The molecule has 0 fully saturated rings. The summed E-state index contributed by atoms with van der Waals surface area (Å²) in [6.07, 6.45) is 1.03. The van der Waals surface area contributed by atoms with E-state index in [-0.39, 0.29) is 0 Å². The van der Waals surface area contributed by atoms with Crippen molar-refractivity contribution in [3.05, 3.63) is 36.0 Å². The van der Waals surface area contributed by atoms with Crippen LogP contribution in [-0.2, 0) is 16.0 Å². The summed E-state index contributed by atoms with van der Waals surface area (Å²) >= 11 is 0. The predicted molar refractivity (Wildman–Crippen MR) is 74.0 cm³/mol. The molecule has 18 heavy (non-hydrogen) atoms. The number of rotatable bonds is 7. The molecule has 0 spiro atoms. The number of fused-ring (bicyclic) bond motifs is 1. The lowest BCUT2D eigenvalue weighted by molar-refractivity contribution is 0.0681. The summed E-state index contributed by atoms with van der Waals surface area (Å²) in [7, 11) is 1.69. The van der Waals surface area contributed by atoms with Gasteiger partial charge in [0, 0.05) is 31.5 Å². The zero-order chi connectivity index (χ0) is 12.8. The molecule has 1 aromatic heterocycles. The third kappa shape index (κ3) is 3.12. The van der Waals surface area contributed by atoms with E-state index in [0.29, 0.717) is 13.2 Å². The Kier molecular flexibility index (Phi) is 4.79. The van der Waals surface area contributed by atoms with E-state index in [0.717, 1.165) is 19.6 Å². The quantitative estimate of drug-likeness (QED) is 0.702. The standard InChI is InChI=1S/C15H21NO2/c1-13-12-14-6-3-4-7-15(14)16(13)8-5-9-18-11-10-17-2/h3-4,6-7,12H,5,8-11H2,1-2H3. The van der Waals surface area contributed by atoms with E-state index >= 15 is 0 Å². The second-order valence-corrected chi connectivity index (χ2v) is 4.45. The maximum Gasteiger partial charge on any atom is 0.0700 e. The predicted octanol–water partition coefficient (Wildman–Crippen LogP) is 3.00. The van der Waals surface area contributed by atoms with E-state index in [9.17, 15) is 0 Å². The van der Waals surface area contributed by atoms with Crippen molar-refractivity contribution in [3.8, 4) is 0 Å². The van der Waals surface area contributed by atoms with E-state index in [4.69, 9.17) is 9.47 Å². The molecule has 0 aliphatic carbocycles. The first kappa shape index (κ1) is 13.1. The Balaban J connectivity index is 1.89. The highest BCUT2D eigenvalue weighted by molar-refractivity contribution is 5.81. The van der Waals surface area contributed by atoms with Crippen LogP contribution in [0.25, 0.3) is 10.9 Å². The van der Waals surface area contributed by atoms with Gasteiger partial charge in [-0.15, -0.1) is 0 Å². The second kappa shape index (κ2) is 6.57. The number of benzene rings is 1. The largest absolute Gasteiger partial charge is 0.382 e. The number of hydrogen-bond donors (Lipinski definition) is 0. The molecule has 1 heterocycles. The van der Waals surface area contributed by atoms with Crippen LogP contribution in [0, 0.1) is 6.92 Å². The summed E-state index contributed by atoms with van der Waals surface area (Å²) in [5.41, 5.74) is 2.62. The van der Waals surface area contributed by atoms with Gasteiger partial charge in [-0.25, -0.2) is 0 Å². The normalized spacial score (nSPS) is 11.2. The van der Waals surface area contributed by atoms with Crippen LogP contribution in [-0.4, -0.2) is 31.5 Å². The molecule has 1 aromatic carbocycles. The van der Waals surface area contributed by atoms with Gasteiger partial charge in [0.25, 0.3) is 0 Å². The molecule has 98 valence electrons. The summed E-state index contributed by atoms with van der Waals surface area (Å²) in [6.45, 7) is 5.31. The van der Waals surface area contributed by atoms with Gasteiger partial charge in [-0.1, -0.05) is 18.2 Å². The monoisotopic (exact) mass is 247 g/mol. The lowest BCUT2D eigenvalue weighted by atomic mass is 10.2. The molecule has 0 N–H and O–H groups in total. The third-order valence-corrected chi connectivity index (χ3v) is 3.12. The molecule has 2 aromatic rings. The van der Waals surface area contributed by atoms with Crippen molar-refractivity contribution in [1.29, 1.82) is 0 Å². The van der Waals surface area contributed by atoms with Crippen LogP contribution in [0.1, 0.15) is 12.1 Å². The van der Waals surface area contributed by atoms with Gasteiger partial charge in [-0.3, -0.25) is 0 Å². The summed E-state index contributed by atoms with van der Waals surface area (Å²) in [6, 6.07) is 10.7.